The Hall–Kier alpha value is -2.05. The van der Waals surface area contributed by atoms with Crippen LogP contribution in [0.25, 0.3) is 0 Å². The highest BCUT2D eigenvalue weighted by Gasteiger charge is 2.11. The number of nitrogens with zero attached hydrogens (tertiary/aromatic N) is 1. The fraction of sp³-hybridized carbons (Fsp3) is 0.200. The van der Waals surface area contributed by atoms with Crippen molar-refractivity contribution in [1.82, 2.24) is 5.43 Å². The lowest BCUT2D eigenvalue weighted by Crippen LogP contribution is -2.16. The summed E-state index contributed by atoms with van der Waals surface area (Å²) in [4.78, 5) is 12.3. The van der Waals surface area contributed by atoms with Crippen LogP contribution in [0.15, 0.2) is 34.7 Å². The molecule has 1 amide bonds. The van der Waals surface area contributed by atoms with Crippen LogP contribution in [0.1, 0.15) is 22.2 Å². The number of hydrazone groups is 1. The Morgan fingerprint density at radius 3 is 2.95 bits per heavy atom. The van der Waals surface area contributed by atoms with Crippen LogP contribution in [-0.2, 0) is 0 Å². The van der Waals surface area contributed by atoms with E-state index >= 15 is 0 Å². The van der Waals surface area contributed by atoms with Crippen molar-refractivity contribution < 1.29 is 14.3 Å². The molecule has 0 aliphatic heterocycles. The molecule has 2 aromatic rings. The number of halogens is 1. The monoisotopic (exact) mass is 338 g/mol. The number of methoxy groups -OCH3 is 1. The summed E-state index contributed by atoms with van der Waals surface area (Å²) in [6.45, 7) is 2.35. The first-order valence-electron chi connectivity index (χ1n) is 6.53. The molecule has 5 nitrogen and oxygen atoms in total. The minimum Gasteiger partial charge on any atom is -0.493 e. The SMILES string of the molecule is CCOc1c(Cl)cc(/C=N\NC(=O)c2cccs2)cc1OC. The van der Waals surface area contributed by atoms with Gasteiger partial charge < -0.3 is 9.47 Å². The second-order valence-electron chi connectivity index (χ2n) is 4.14. The van der Waals surface area contributed by atoms with E-state index in [1.165, 1.54) is 24.7 Å². The van der Waals surface area contributed by atoms with Crippen molar-refractivity contribution in [1.29, 1.82) is 0 Å². The van der Waals surface area contributed by atoms with Gasteiger partial charge in [-0.05, 0) is 36.1 Å². The third kappa shape index (κ3) is 3.99. The van der Waals surface area contributed by atoms with E-state index in [1.54, 1.807) is 24.3 Å². The van der Waals surface area contributed by atoms with Crippen LogP contribution < -0.4 is 14.9 Å². The van der Waals surface area contributed by atoms with Gasteiger partial charge in [0, 0.05) is 0 Å². The van der Waals surface area contributed by atoms with Gasteiger partial charge in [-0.15, -0.1) is 11.3 Å². The second-order valence-corrected chi connectivity index (χ2v) is 5.50. The molecule has 0 aliphatic rings. The van der Waals surface area contributed by atoms with Gasteiger partial charge in [-0.3, -0.25) is 4.79 Å². The number of carbonyl (C=O) groups is 1. The van der Waals surface area contributed by atoms with Gasteiger partial charge in [0.1, 0.15) is 0 Å². The first kappa shape index (κ1) is 16.3. The largest absolute Gasteiger partial charge is 0.493 e. The summed E-state index contributed by atoms with van der Waals surface area (Å²) < 4.78 is 10.7. The van der Waals surface area contributed by atoms with Crippen LogP contribution in [-0.4, -0.2) is 25.8 Å². The molecule has 7 heteroatoms. The minimum atomic E-state index is -0.254. The fourth-order valence-electron chi connectivity index (χ4n) is 1.73. The third-order valence-corrected chi connectivity index (χ3v) is 3.81. The molecule has 1 aromatic heterocycles. The summed E-state index contributed by atoms with van der Waals surface area (Å²) in [6.07, 6.45) is 1.50. The first-order chi connectivity index (χ1) is 10.7. The molecular formula is C15H15ClN2O3S. The summed E-state index contributed by atoms with van der Waals surface area (Å²) in [5.74, 6) is 0.752. The maximum atomic E-state index is 11.7. The molecule has 1 aromatic carbocycles. The Balaban J connectivity index is 2.11. The summed E-state index contributed by atoms with van der Waals surface area (Å²) in [5.41, 5.74) is 3.15. The highest BCUT2D eigenvalue weighted by atomic mass is 35.5. The van der Waals surface area contributed by atoms with Crippen LogP contribution in [0.5, 0.6) is 11.5 Å². The average Bonchev–Trinajstić information content (AvgIpc) is 3.04. The van der Waals surface area contributed by atoms with Gasteiger partial charge in [-0.2, -0.15) is 5.10 Å². The summed E-state index contributed by atoms with van der Waals surface area (Å²) in [6, 6.07) is 6.96. The average molecular weight is 339 g/mol. The molecule has 1 N–H and O–H groups in total. The van der Waals surface area contributed by atoms with Crippen molar-refractivity contribution >= 4 is 35.1 Å². The highest BCUT2D eigenvalue weighted by molar-refractivity contribution is 7.12. The summed E-state index contributed by atoms with van der Waals surface area (Å²) >= 11 is 7.51. The normalized spacial score (nSPS) is 10.7. The summed E-state index contributed by atoms with van der Waals surface area (Å²) in [7, 11) is 1.54. The van der Waals surface area contributed by atoms with E-state index in [2.05, 4.69) is 10.5 Å². The molecule has 0 saturated heterocycles. The molecule has 0 fully saturated rings. The molecule has 0 unspecified atom stereocenters. The van der Waals surface area contributed by atoms with E-state index in [1.807, 2.05) is 12.3 Å². The molecular weight excluding hydrogens is 324 g/mol. The quantitative estimate of drug-likeness (QED) is 0.647. The molecule has 0 radical (unpaired) electrons. The second kappa shape index (κ2) is 7.82. The predicted octanol–water partition coefficient (Wildman–Crippen LogP) is 3.57. The van der Waals surface area contributed by atoms with Crippen molar-refractivity contribution in [3.05, 3.63) is 45.1 Å². The Morgan fingerprint density at radius 1 is 1.50 bits per heavy atom. The Kier molecular flexibility index (Phi) is 5.80. The number of thiophene rings is 1. The fourth-order valence-corrected chi connectivity index (χ4v) is 2.61. The maximum absolute atomic E-state index is 11.7. The van der Waals surface area contributed by atoms with Gasteiger partial charge in [-0.1, -0.05) is 17.7 Å². The van der Waals surface area contributed by atoms with E-state index in [9.17, 15) is 4.79 Å². The zero-order valence-corrected chi connectivity index (χ0v) is 13.7. The molecule has 0 atom stereocenters. The van der Waals surface area contributed by atoms with Crippen LogP contribution in [0.2, 0.25) is 5.02 Å². The van der Waals surface area contributed by atoms with Crippen molar-refractivity contribution in [3.63, 3.8) is 0 Å². The van der Waals surface area contributed by atoms with E-state index in [0.29, 0.717) is 33.6 Å². The van der Waals surface area contributed by atoms with Gasteiger partial charge in [0.15, 0.2) is 11.5 Å². The predicted molar refractivity (Wildman–Crippen MR) is 88.6 cm³/mol. The molecule has 2 rings (SSSR count). The lowest BCUT2D eigenvalue weighted by Gasteiger charge is -2.11. The lowest BCUT2D eigenvalue weighted by atomic mass is 10.2. The van der Waals surface area contributed by atoms with Gasteiger partial charge in [0.05, 0.1) is 29.8 Å². The topological polar surface area (TPSA) is 59.9 Å². The number of carbonyl (C=O) groups excluding carboxylic acids is 1. The Labute approximate surface area is 137 Å². The van der Waals surface area contributed by atoms with E-state index in [4.69, 9.17) is 21.1 Å². The molecule has 116 valence electrons. The molecule has 1 heterocycles. The van der Waals surface area contributed by atoms with E-state index in [0.717, 1.165) is 0 Å². The number of benzene rings is 1. The standard InChI is InChI=1S/C15H15ClN2O3S/c1-3-21-14-11(16)7-10(8-12(14)20-2)9-17-18-15(19)13-5-4-6-22-13/h4-9H,3H2,1-2H3,(H,18,19)/b17-9-. The van der Waals surface area contributed by atoms with Crippen molar-refractivity contribution in [2.24, 2.45) is 5.10 Å². The number of rotatable bonds is 6. The van der Waals surface area contributed by atoms with E-state index in [-0.39, 0.29) is 5.91 Å². The van der Waals surface area contributed by atoms with Gasteiger partial charge in [0.25, 0.3) is 5.91 Å². The molecule has 0 bridgehead atoms. The molecule has 0 saturated carbocycles. The Morgan fingerprint density at radius 2 is 2.32 bits per heavy atom. The van der Waals surface area contributed by atoms with Crippen LogP contribution >= 0.6 is 22.9 Å². The van der Waals surface area contributed by atoms with Crippen LogP contribution in [0, 0.1) is 0 Å². The first-order valence-corrected chi connectivity index (χ1v) is 7.78. The van der Waals surface area contributed by atoms with Crippen LogP contribution in [0.4, 0.5) is 0 Å². The van der Waals surface area contributed by atoms with Gasteiger partial charge >= 0.3 is 0 Å². The van der Waals surface area contributed by atoms with Crippen molar-refractivity contribution in [2.75, 3.05) is 13.7 Å². The molecule has 0 aliphatic carbocycles. The van der Waals surface area contributed by atoms with Crippen LogP contribution in [0.3, 0.4) is 0 Å². The van der Waals surface area contributed by atoms with Crippen molar-refractivity contribution in [3.8, 4) is 11.5 Å². The zero-order valence-electron chi connectivity index (χ0n) is 12.1. The maximum Gasteiger partial charge on any atom is 0.281 e. The smallest absolute Gasteiger partial charge is 0.281 e. The number of hydrogen-bond acceptors (Lipinski definition) is 5. The molecule has 0 spiro atoms. The number of amides is 1. The molecule has 22 heavy (non-hydrogen) atoms. The zero-order chi connectivity index (χ0) is 15.9. The number of nitrogens with one attached hydrogen (secondary N) is 1. The Bertz CT molecular complexity index is 672. The number of hydrogen-bond donors (Lipinski definition) is 1. The van der Waals surface area contributed by atoms with E-state index < -0.39 is 0 Å². The van der Waals surface area contributed by atoms with Gasteiger partial charge in [0.2, 0.25) is 0 Å². The van der Waals surface area contributed by atoms with Gasteiger partial charge in [-0.25, -0.2) is 5.43 Å². The van der Waals surface area contributed by atoms with Crippen molar-refractivity contribution in [2.45, 2.75) is 6.92 Å². The third-order valence-electron chi connectivity index (χ3n) is 2.67. The lowest BCUT2D eigenvalue weighted by molar-refractivity contribution is 0.0959. The minimum absolute atomic E-state index is 0.254. The highest BCUT2D eigenvalue weighted by Crippen LogP contribution is 2.35. The number of ether oxygens (including phenoxy) is 2. The summed E-state index contributed by atoms with van der Waals surface area (Å²) in [5, 5.41) is 6.17.